The Kier molecular flexibility index (Phi) is 5.93. The lowest BCUT2D eigenvalue weighted by atomic mass is 9.96. The van der Waals surface area contributed by atoms with Gasteiger partial charge >= 0.3 is 5.97 Å². The number of esters is 1. The molecule has 0 aliphatic carbocycles. The van der Waals surface area contributed by atoms with Crippen molar-refractivity contribution in [3.8, 4) is 11.6 Å². The third-order valence-corrected chi connectivity index (χ3v) is 3.54. The van der Waals surface area contributed by atoms with E-state index in [1.54, 1.807) is 44.4 Å². The minimum atomic E-state index is -1.71. The van der Waals surface area contributed by atoms with Crippen molar-refractivity contribution >= 4 is 5.97 Å². The van der Waals surface area contributed by atoms with Gasteiger partial charge in [0.2, 0.25) is 5.88 Å². The number of aliphatic hydroxyl groups is 1. The van der Waals surface area contributed by atoms with Crippen molar-refractivity contribution in [3.63, 3.8) is 0 Å². The lowest BCUT2D eigenvalue weighted by Crippen LogP contribution is -2.34. The van der Waals surface area contributed by atoms with Gasteiger partial charge in [0, 0.05) is 11.8 Å². The second kappa shape index (κ2) is 7.94. The lowest BCUT2D eigenvalue weighted by Gasteiger charge is -2.21. The van der Waals surface area contributed by atoms with Crippen LogP contribution in [0.1, 0.15) is 30.9 Å². The highest BCUT2D eigenvalue weighted by Gasteiger charge is 2.33. The zero-order valence-electron chi connectivity index (χ0n) is 14.8. The van der Waals surface area contributed by atoms with Crippen LogP contribution in [-0.4, -0.2) is 34.8 Å². The van der Waals surface area contributed by atoms with Gasteiger partial charge in [0.1, 0.15) is 12.4 Å². The third kappa shape index (κ3) is 4.67. The van der Waals surface area contributed by atoms with Crippen molar-refractivity contribution in [3.05, 3.63) is 47.4 Å². The van der Waals surface area contributed by atoms with E-state index in [-0.39, 0.29) is 13.2 Å². The summed E-state index contributed by atoms with van der Waals surface area (Å²) >= 11 is 0. The number of ether oxygens (including phenoxy) is 3. The van der Waals surface area contributed by atoms with Gasteiger partial charge in [-0.2, -0.15) is 4.98 Å². The average molecular weight is 346 g/mol. The molecule has 7 nitrogen and oxygen atoms in total. The first kappa shape index (κ1) is 18.7. The Morgan fingerprint density at radius 3 is 2.52 bits per heavy atom. The van der Waals surface area contributed by atoms with Crippen LogP contribution in [0.15, 0.2) is 30.3 Å². The summed E-state index contributed by atoms with van der Waals surface area (Å²) in [6.07, 6.45) is 0. The molecule has 1 N–H and O–H groups in total. The van der Waals surface area contributed by atoms with Crippen LogP contribution in [0, 0.1) is 6.92 Å². The summed E-state index contributed by atoms with van der Waals surface area (Å²) < 4.78 is 15.6. The van der Waals surface area contributed by atoms with Gasteiger partial charge in [-0.15, -0.1) is 0 Å². The molecule has 0 fully saturated rings. The van der Waals surface area contributed by atoms with Gasteiger partial charge < -0.3 is 19.3 Å². The molecule has 0 saturated heterocycles. The molecule has 0 bridgehead atoms. The maximum absolute atomic E-state index is 11.8. The van der Waals surface area contributed by atoms with Crippen LogP contribution in [0.5, 0.6) is 11.6 Å². The summed E-state index contributed by atoms with van der Waals surface area (Å²) in [4.78, 5) is 20.3. The fraction of sp³-hybridized carbons (Fsp3) is 0.389. The lowest BCUT2D eigenvalue weighted by molar-refractivity contribution is -0.164. The highest BCUT2D eigenvalue weighted by Crippen LogP contribution is 2.25. The zero-order chi connectivity index (χ0) is 18.4. The highest BCUT2D eigenvalue weighted by molar-refractivity contribution is 5.80. The van der Waals surface area contributed by atoms with Crippen molar-refractivity contribution in [2.75, 3.05) is 13.7 Å². The quantitative estimate of drug-likeness (QED) is 0.768. The molecule has 7 heteroatoms. The molecule has 0 aliphatic rings. The van der Waals surface area contributed by atoms with E-state index in [0.29, 0.717) is 23.0 Å². The molecule has 25 heavy (non-hydrogen) atoms. The summed E-state index contributed by atoms with van der Waals surface area (Å²) in [5.74, 6) is 0.850. The first-order valence-electron chi connectivity index (χ1n) is 7.88. The maximum atomic E-state index is 11.8. The molecule has 1 aromatic carbocycles. The molecule has 0 aliphatic heterocycles. The molecule has 0 spiro atoms. The third-order valence-electron chi connectivity index (χ3n) is 3.54. The normalized spacial score (nSPS) is 13.0. The van der Waals surface area contributed by atoms with Crippen molar-refractivity contribution in [1.82, 2.24) is 9.97 Å². The largest absolute Gasteiger partial charge is 0.486 e. The van der Waals surface area contributed by atoms with E-state index in [0.717, 1.165) is 5.69 Å². The molecule has 0 radical (unpaired) electrons. The first-order chi connectivity index (χ1) is 11.9. The van der Waals surface area contributed by atoms with E-state index in [2.05, 4.69) is 9.97 Å². The van der Waals surface area contributed by atoms with Crippen LogP contribution in [0.3, 0.4) is 0 Å². The Morgan fingerprint density at radius 1 is 1.24 bits per heavy atom. The molecule has 1 aromatic heterocycles. The SMILES string of the molecule is CCOC(=O)C(C)(O)c1ccc(OCc2nc(C)cc(OC)n2)cc1. The van der Waals surface area contributed by atoms with E-state index >= 15 is 0 Å². The monoisotopic (exact) mass is 346 g/mol. The second-order valence-electron chi connectivity index (χ2n) is 5.57. The van der Waals surface area contributed by atoms with Crippen molar-refractivity contribution in [2.45, 2.75) is 33.0 Å². The van der Waals surface area contributed by atoms with E-state index < -0.39 is 11.6 Å². The number of rotatable bonds is 7. The first-order valence-corrected chi connectivity index (χ1v) is 7.88. The standard InChI is InChI=1S/C18H22N2O5/c1-5-24-17(21)18(3,22)13-6-8-14(9-7-13)25-11-15-19-12(2)10-16(20-15)23-4/h6-10,22H,5,11H2,1-4H3. The molecule has 134 valence electrons. The van der Waals surface area contributed by atoms with Crippen molar-refractivity contribution in [1.29, 1.82) is 0 Å². The summed E-state index contributed by atoms with van der Waals surface area (Å²) in [6, 6.07) is 8.29. The minimum absolute atomic E-state index is 0.172. The summed E-state index contributed by atoms with van der Waals surface area (Å²) in [7, 11) is 1.54. The van der Waals surface area contributed by atoms with E-state index in [1.807, 2.05) is 6.92 Å². The average Bonchev–Trinajstić information content (AvgIpc) is 2.60. The predicted octanol–water partition coefficient (Wildman–Crippen LogP) is 2.14. The van der Waals surface area contributed by atoms with Gasteiger partial charge in [-0.25, -0.2) is 9.78 Å². The molecule has 1 unspecified atom stereocenters. The molecule has 0 saturated carbocycles. The summed E-state index contributed by atoms with van der Waals surface area (Å²) in [5, 5.41) is 10.3. The molecule has 0 amide bonds. The van der Waals surface area contributed by atoms with Gasteiger partial charge in [0.15, 0.2) is 11.4 Å². The van der Waals surface area contributed by atoms with Crippen LogP contribution in [0.25, 0.3) is 0 Å². The second-order valence-corrected chi connectivity index (χ2v) is 5.57. The van der Waals surface area contributed by atoms with Crippen molar-refractivity contribution in [2.24, 2.45) is 0 Å². The Balaban J connectivity index is 2.06. The predicted molar refractivity (Wildman–Crippen MR) is 90.3 cm³/mol. The van der Waals surface area contributed by atoms with Gasteiger partial charge in [-0.05, 0) is 38.5 Å². The Hall–Kier alpha value is -2.67. The van der Waals surface area contributed by atoms with Crippen LogP contribution < -0.4 is 9.47 Å². The number of hydrogen-bond acceptors (Lipinski definition) is 7. The number of carbonyl (C=O) groups excluding carboxylic acids is 1. The minimum Gasteiger partial charge on any atom is -0.486 e. The number of carbonyl (C=O) groups is 1. The smallest absolute Gasteiger partial charge is 0.342 e. The number of aromatic nitrogens is 2. The Labute approximate surface area is 146 Å². The summed E-state index contributed by atoms with van der Waals surface area (Å²) in [5.41, 5.74) is -0.500. The van der Waals surface area contributed by atoms with Crippen molar-refractivity contribution < 1.29 is 24.1 Å². The van der Waals surface area contributed by atoms with E-state index in [9.17, 15) is 9.90 Å². The van der Waals surface area contributed by atoms with Gasteiger partial charge in [0.25, 0.3) is 0 Å². The van der Waals surface area contributed by atoms with Crippen LogP contribution in [0.2, 0.25) is 0 Å². The molecular weight excluding hydrogens is 324 g/mol. The fourth-order valence-electron chi connectivity index (χ4n) is 2.18. The number of methoxy groups -OCH3 is 1. The van der Waals surface area contributed by atoms with E-state index in [1.165, 1.54) is 6.92 Å². The highest BCUT2D eigenvalue weighted by atomic mass is 16.5. The van der Waals surface area contributed by atoms with E-state index in [4.69, 9.17) is 14.2 Å². The number of hydrogen-bond donors (Lipinski definition) is 1. The zero-order valence-corrected chi connectivity index (χ0v) is 14.8. The molecular formula is C18H22N2O5. The Morgan fingerprint density at radius 2 is 1.92 bits per heavy atom. The molecule has 2 rings (SSSR count). The molecule has 2 aromatic rings. The number of nitrogens with zero attached hydrogens (tertiary/aromatic N) is 2. The maximum Gasteiger partial charge on any atom is 0.342 e. The molecule has 1 atom stereocenters. The van der Waals surface area contributed by atoms with Gasteiger partial charge in [-0.3, -0.25) is 0 Å². The fourth-order valence-corrected chi connectivity index (χ4v) is 2.18. The topological polar surface area (TPSA) is 90.8 Å². The van der Waals surface area contributed by atoms with Crippen LogP contribution in [-0.2, 0) is 21.7 Å². The number of aryl methyl sites for hydroxylation is 1. The van der Waals surface area contributed by atoms with Gasteiger partial charge in [-0.1, -0.05) is 12.1 Å². The molecule has 1 heterocycles. The number of benzene rings is 1. The Bertz CT molecular complexity index is 729. The van der Waals surface area contributed by atoms with Crippen LogP contribution in [0.4, 0.5) is 0 Å². The van der Waals surface area contributed by atoms with Gasteiger partial charge in [0.05, 0.1) is 13.7 Å². The summed E-state index contributed by atoms with van der Waals surface area (Å²) in [6.45, 7) is 5.31. The van der Waals surface area contributed by atoms with Crippen LogP contribution >= 0.6 is 0 Å².